The van der Waals surface area contributed by atoms with E-state index in [0.717, 1.165) is 23.3 Å². The minimum absolute atomic E-state index is 0.597. The van der Waals surface area contributed by atoms with Crippen molar-refractivity contribution < 1.29 is 0 Å². The third kappa shape index (κ3) is 2.91. The Morgan fingerprint density at radius 1 is 1.42 bits per heavy atom. The maximum atomic E-state index is 4.86. The molecular formula is C15H17BrN2S. The average molecular weight is 337 g/mol. The number of nitrogens with one attached hydrogen (secondary N) is 1. The van der Waals surface area contributed by atoms with E-state index in [9.17, 15) is 0 Å². The van der Waals surface area contributed by atoms with Gasteiger partial charge in [-0.15, -0.1) is 11.3 Å². The number of thiazole rings is 1. The molecule has 0 aliphatic carbocycles. The molecule has 1 atom stereocenters. The number of aromatic nitrogens is 1. The highest BCUT2D eigenvalue weighted by Crippen LogP contribution is 2.32. The molecule has 100 valence electrons. The van der Waals surface area contributed by atoms with Crippen LogP contribution in [0.3, 0.4) is 0 Å². The molecule has 0 radical (unpaired) electrons. The van der Waals surface area contributed by atoms with E-state index in [0.29, 0.717) is 5.92 Å². The van der Waals surface area contributed by atoms with E-state index in [1.54, 1.807) is 11.3 Å². The fourth-order valence-electron chi connectivity index (χ4n) is 2.53. The van der Waals surface area contributed by atoms with Crippen LogP contribution in [0.4, 0.5) is 0 Å². The Bertz CT molecular complexity index is 573. The summed E-state index contributed by atoms with van der Waals surface area (Å²) in [6.07, 6.45) is 2.52. The normalized spacial score (nSPS) is 19.6. The second kappa shape index (κ2) is 5.73. The minimum atomic E-state index is 0.597. The second-order valence-corrected chi connectivity index (χ2v) is 6.88. The van der Waals surface area contributed by atoms with Crippen molar-refractivity contribution in [3.63, 3.8) is 0 Å². The quantitative estimate of drug-likeness (QED) is 0.881. The lowest BCUT2D eigenvalue weighted by Gasteiger charge is -2.20. The van der Waals surface area contributed by atoms with Crippen LogP contribution >= 0.6 is 27.3 Å². The van der Waals surface area contributed by atoms with Crippen molar-refractivity contribution in [1.29, 1.82) is 0 Å². The van der Waals surface area contributed by atoms with E-state index in [1.165, 1.54) is 29.0 Å². The highest BCUT2D eigenvalue weighted by Gasteiger charge is 2.19. The van der Waals surface area contributed by atoms with E-state index < -0.39 is 0 Å². The van der Waals surface area contributed by atoms with Crippen LogP contribution in [0.2, 0.25) is 0 Å². The largest absolute Gasteiger partial charge is 0.316 e. The van der Waals surface area contributed by atoms with E-state index >= 15 is 0 Å². The molecule has 2 aromatic rings. The summed E-state index contributed by atoms with van der Waals surface area (Å²) < 4.78 is 1.11. The van der Waals surface area contributed by atoms with Gasteiger partial charge in [-0.3, -0.25) is 0 Å². The van der Waals surface area contributed by atoms with Crippen molar-refractivity contribution in [2.45, 2.75) is 25.7 Å². The van der Waals surface area contributed by atoms with Gasteiger partial charge in [0.15, 0.2) is 0 Å². The van der Waals surface area contributed by atoms with Crippen molar-refractivity contribution in [3.05, 3.63) is 38.6 Å². The standard InChI is InChI=1S/C15H17BrN2S/c1-10-4-5-12(16)7-13(10)14-9-19-15(18-14)11-3-2-6-17-8-11/h4-5,7,9,11,17H,2-3,6,8H2,1H3. The average Bonchev–Trinajstić information content (AvgIpc) is 2.92. The number of benzene rings is 1. The van der Waals surface area contributed by atoms with Crippen molar-refractivity contribution in [3.8, 4) is 11.3 Å². The zero-order valence-electron chi connectivity index (χ0n) is 10.9. The molecule has 1 N–H and O–H groups in total. The van der Waals surface area contributed by atoms with Gasteiger partial charge in [-0.05, 0) is 44.0 Å². The number of nitrogens with zero attached hydrogens (tertiary/aromatic N) is 1. The summed E-state index contributed by atoms with van der Waals surface area (Å²) in [5.74, 6) is 0.597. The first-order valence-corrected chi connectivity index (χ1v) is 8.34. The summed E-state index contributed by atoms with van der Waals surface area (Å²) in [6, 6.07) is 6.38. The second-order valence-electron chi connectivity index (χ2n) is 5.07. The Morgan fingerprint density at radius 2 is 2.32 bits per heavy atom. The van der Waals surface area contributed by atoms with E-state index in [2.05, 4.69) is 51.7 Å². The lowest BCUT2D eigenvalue weighted by Crippen LogP contribution is -2.28. The Labute approximate surface area is 126 Å². The molecule has 4 heteroatoms. The van der Waals surface area contributed by atoms with Gasteiger partial charge in [0.2, 0.25) is 0 Å². The first-order chi connectivity index (χ1) is 9.24. The highest BCUT2D eigenvalue weighted by atomic mass is 79.9. The molecule has 2 heterocycles. The topological polar surface area (TPSA) is 24.9 Å². The van der Waals surface area contributed by atoms with E-state index in [4.69, 9.17) is 4.98 Å². The monoisotopic (exact) mass is 336 g/mol. The molecule has 1 fully saturated rings. The molecule has 1 aromatic carbocycles. The van der Waals surface area contributed by atoms with Crippen molar-refractivity contribution >= 4 is 27.3 Å². The van der Waals surface area contributed by atoms with Crippen LogP contribution < -0.4 is 5.32 Å². The lowest BCUT2D eigenvalue weighted by atomic mass is 10.0. The smallest absolute Gasteiger partial charge is 0.0976 e. The molecule has 2 nitrogen and oxygen atoms in total. The fraction of sp³-hybridized carbons (Fsp3) is 0.400. The van der Waals surface area contributed by atoms with Gasteiger partial charge in [-0.2, -0.15) is 0 Å². The molecule has 0 amide bonds. The highest BCUT2D eigenvalue weighted by molar-refractivity contribution is 9.10. The molecular weight excluding hydrogens is 320 g/mol. The number of hydrogen-bond acceptors (Lipinski definition) is 3. The van der Waals surface area contributed by atoms with E-state index in [-0.39, 0.29) is 0 Å². The number of halogens is 1. The first-order valence-electron chi connectivity index (χ1n) is 6.67. The molecule has 0 spiro atoms. The van der Waals surface area contributed by atoms with Gasteiger partial charge in [-0.1, -0.05) is 22.0 Å². The van der Waals surface area contributed by atoms with Gasteiger partial charge in [-0.25, -0.2) is 4.98 Å². The zero-order chi connectivity index (χ0) is 13.2. The Kier molecular flexibility index (Phi) is 4.01. The number of aryl methyl sites for hydroxylation is 1. The van der Waals surface area contributed by atoms with E-state index in [1.807, 2.05) is 0 Å². The zero-order valence-corrected chi connectivity index (χ0v) is 13.4. The summed E-state index contributed by atoms with van der Waals surface area (Å²) in [4.78, 5) is 4.86. The van der Waals surface area contributed by atoms with Crippen LogP contribution in [0, 0.1) is 6.92 Å². The predicted molar refractivity (Wildman–Crippen MR) is 84.8 cm³/mol. The van der Waals surface area contributed by atoms with Crippen LogP contribution in [-0.4, -0.2) is 18.1 Å². The lowest BCUT2D eigenvalue weighted by molar-refractivity contribution is 0.460. The van der Waals surface area contributed by atoms with Crippen LogP contribution in [0.1, 0.15) is 29.3 Å². The molecule has 1 aliphatic rings. The molecule has 1 unspecified atom stereocenters. The number of hydrogen-bond donors (Lipinski definition) is 1. The molecule has 0 bridgehead atoms. The molecule has 3 rings (SSSR count). The summed E-state index contributed by atoms with van der Waals surface area (Å²) in [5, 5.41) is 6.93. The van der Waals surface area contributed by atoms with Crippen LogP contribution in [0.15, 0.2) is 28.1 Å². The summed E-state index contributed by atoms with van der Waals surface area (Å²) >= 11 is 5.34. The van der Waals surface area contributed by atoms with Crippen molar-refractivity contribution in [2.75, 3.05) is 13.1 Å². The van der Waals surface area contributed by atoms with Crippen molar-refractivity contribution in [2.24, 2.45) is 0 Å². The van der Waals surface area contributed by atoms with Crippen LogP contribution in [0.25, 0.3) is 11.3 Å². The Hall–Kier alpha value is -0.710. The van der Waals surface area contributed by atoms with Gasteiger partial charge in [0.25, 0.3) is 0 Å². The van der Waals surface area contributed by atoms with Gasteiger partial charge in [0.05, 0.1) is 10.7 Å². The van der Waals surface area contributed by atoms with Gasteiger partial charge in [0, 0.05) is 27.9 Å². The molecule has 0 saturated carbocycles. The summed E-state index contributed by atoms with van der Waals surface area (Å²) in [6.45, 7) is 4.37. The van der Waals surface area contributed by atoms with Crippen LogP contribution in [-0.2, 0) is 0 Å². The third-order valence-corrected chi connectivity index (χ3v) is 5.14. The maximum Gasteiger partial charge on any atom is 0.0976 e. The third-order valence-electron chi connectivity index (χ3n) is 3.64. The van der Waals surface area contributed by atoms with Gasteiger partial charge in [0.1, 0.15) is 0 Å². The summed E-state index contributed by atoms with van der Waals surface area (Å²) in [7, 11) is 0. The number of rotatable bonds is 2. The minimum Gasteiger partial charge on any atom is -0.316 e. The Morgan fingerprint density at radius 3 is 3.11 bits per heavy atom. The predicted octanol–water partition coefficient (Wildman–Crippen LogP) is 4.35. The van der Waals surface area contributed by atoms with Crippen molar-refractivity contribution in [1.82, 2.24) is 10.3 Å². The molecule has 1 aliphatic heterocycles. The molecule has 1 aromatic heterocycles. The molecule has 19 heavy (non-hydrogen) atoms. The summed E-state index contributed by atoms with van der Waals surface area (Å²) in [5.41, 5.74) is 3.63. The first kappa shape index (κ1) is 13.3. The SMILES string of the molecule is Cc1ccc(Br)cc1-c1csc(C2CCCNC2)n1. The number of piperidine rings is 1. The van der Waals surface area contributed by atoms with Gasteiger partial charge < -0.3 is 5.32 Å². The Balaban J connectivity index is 1.89. The fourth-order valence-corrected chi connectivity index (χ4v) is 3.85. The van der Waals surface area contributed by atoms with Crippen LogP contribution in [0.5, 0.6) is 0 Å². The molecule has 1 saturated heterocycles. The van der Waals surface area contributed by atoms with Gasteiger partial charge >= 0.3 is 0 Å². The maximum absolute atomic E-state index is 4.86.